The molecule has 20 heavy (non-hydrogen) atoms. The lowest BCUT2D eigenvalue weighted by atomic mass is 9.97. The summed E-state index contributed by atoms with van der Waals surface area (Å²) in [5.41, 5.74) is 3.15. The van der Waals surface area contributed by atoms with E-state index in [-0.39, 0.29) is 5.82 Å². The van der Waals surface area contributed by atoms with Crippen LogP contribution in [0.2, 0.25) is 0 Å². The van der Waals surface area contributed by atoms with Gasteiger partial charge in [0.05, 0.1) is 6.10 Å². The fraction of sp³-hybridized carbons (Fsp3) is 0.294. The third kappa shape index (κ3) is 3.79. The van der Waals surface area contributed by atoms with Gasteiger partial charge in [0.1, 0.15) is 5.82 Å². The third-order valence-electron chi connectivity index (χ3n) is 3.40. The summed E-state index contributed by atoms with van der Waals surface area (Å²) in [4.78, 5) is 0. The van der Waals surface area contributed by atoms with Crippen LogP contribution in [0.1, 0.15) is 42.6 Å². The van der Waals surface area contributed by atoms with Crippen LogP contribution < -0.4 is 0 Å². The van der Waals surface area contributed by atoms with Crippen LogP contribution in [0.25, 0.3) is 0 Å². The quantitative estimate of drug-likeness (QED) is 0.749. The molecule has 1 unspecified atom stereocenters. The summed E-state index contributed by atoms with van der Waals surface area (Å²) in [6, 6.07) is 12.8. The summed E-state index contributed by atoms with van der Waals surface area (Å²) in [5, 5.41) is 10.3. The first-order valence-corrected chi connectivity index (χ1v) is 7.77. The van der Waals surface area contributed by atoms with Crippen LogP contribution in [0.5, 0.6) is 0 Å². The van der Waals surface area contributed by atoms with E-state index in [2.05, 4.69) is 60.7 Å². The van der Waals surface area contributed by atoms with Gasteiger partial charge in [-0.3, -0.25) is 0 Å². The molecule has 0 saturated heterocycles. The van der Waals surface area contributed by atoms with Gasteiger partial charge >= 0.3 is 0 Å². The zero-order valence-corrected chi connectivity index (χ0v) is 13.8. The predicted octanol–water partition coefficient (Wildman–Crippen LogP) is 4.83. The van der Waals surface area contributed by atoms with E-state index < -0.39 is 6.10 Å². The molecule has 1 N–H and O–H groups in total. The van der Waals surface area contributed by atoms with Crippen molar-refractivity contribution in [1.29, 1.82) is 0 Å². The van der Waals surface area contributed by atoms with Gasteiger partial charge in [0.15, 0.2) is 0 Å². The molecular formula is C17H18FIO. The van der Waals surface area contributed by atoms with E-state index in [4.69, 9.17) is 0 Å². The number of hydrogen-bond donors (Lipinski definition) is 1. The minimum atomic E-state index is -0.604. The fourth-order valence-corrected chi connectivity index (χ4v) is 2.98. The smallest absolute Gasteiger partial charge is 0.124 e. The maximum atomic E-state index is 13.1. The Bertz CT molecular complexity index is 578. The number of aliphatic hydroxyl groups excluding tert-OH is 1. The molecule has 0 spiro atoms. The summed E-state index contributed by atoms with van der Waals surface area (Å²) in [7, 11) is 0. The van der Waals surface area contributed by atoms with Gasteiger partial charge in [-0.2, -0.15) is 0 Å². The minimum absolute atomic E-state index is 0.272. The Balaban J connectivity index is 2.12. The van der Waals surface area contributed by atoms with Crippen molar-refractivity contribution in [3.8, 4) is 0 Å². The molecule has 0 fully saturated rings. The number of benzene rings is 2. The van der Waals surface area contributed by atoms with E-state index in [1.54, 1.807) is 6.07 Å². The Kier molecular flexibility index (Phi) is 5.16. The topological polar surface area (TPSA) is 20.2 Å². The number of hydrogen-bond acceptors (Lipinski definition) is 1. The van der Waals surface area contributed by atoms with Crippen molar-refractivity contribution in [2.24, 2.45) is 0 Å². The van der Waals surface area contributed by atoms with Gasteiger partial charge in [-0.05, 0) is 57.3 Å². The van der Waals surface area contributed by atoms with Crippen LogP contribution >= 0.6 is 22.6 Å². The number of aliphatic hydroxyl groups is 1. The van der Waals surface area contributed by atoms with E-state index in [1.807, 2.05) is 0 Å². The Morgan fingerprint density at radius 3 is 2.30 bits per heavy atom. The summed E-state index contributed by atoms with van der Waals surface area (Å²) in [5.74, 6) is 0.235. The second-order valence-electron chi connectivity index (χ2n) is 5.28. The van der Waals surface area contributed by atoms with Crippen LogP contribution in [0.4, 0.5) is 4.39 Å². The highest BCUT2D eigenvalue weighted by molar-refractivity contribution is 14.1. The van der Waals surface area contributed by atoms with Crippen molar-refractivity contribution < 1.29 is 9.50 Å². The van der Waals surface area contributed by atoms with E-state index in [0.29, 0.717) is 12.3 Å². The Labute approximate surface area is 133 Å². The van der Waals surface area contributed by atoms with Crippen LogP contribution in [-0.4, -0.2) is 5.11 Å². The second-order valence-corrected chi connectivity index (χ2v) is 6.44. The van der Waals surface area contributed by atoms with Gasteiger partial charge in [0.2, 0.25) is 0 Å². The van der Waals surface area contributed by atoms with Gasteiger partial charge in [-0.15, -0.1) is 0 Å². The first-order valence-electron chi connectivity index (χ1n) is 6.69. The number of rotatable bonds is 4. The molecule has 2 aromatic carbocycles. The van der Waals surface area contributed by atoms with Gasteiger partial charge < -0.3 is 5.11 Å². The molecule has 0 amide bonds. The molecular weight excluding hydrogens is 366 g/mol. The zero-order chi connectivity index (χ0) is 14.7. The lowest BCUT2D eigenvalue weighted by Gasteiger charge is -2.14. The molecule has 0 heterocycles. The molecule has 0 radical (unpaired) electrons. The summed E-state index contributed by atoms with van der Waals surface area (Å²) < 4.78 is 13.8. The summed E-state index contributed by atoms with van der Waals surface area (Å²) in [6.07, 6.45) is -0.0626. The second kappa shape index (κ2) is 6.68. The lowest BCUT2D eigenvalue weighted by molar-refractivity contribution is 0.177. The van der Waals surface area contributed by atoms with Crippen molar-refractivity contribution in [2.75, 3.05) is 0 Å². The first kappa shape index (κ1) is 15.4. The van der Waals surface area contributed by atoms with Gasteiger partial charge in [0.25, 0.3) is 0 Å². The molecule has 2 aromatic rings. The SMILES string of the molecule is CC(C)c1ccc(CC(O)c2ccc(F)cc2I)cc1. The Morgan fingerprint density at radius 1 is 1.10 bits per heavy atom. The molecule has 0 aliphatic heterocycles. The largest absolute Gasteiger partial charge is 0.388 e. The van der Waals surface area contributed by atoms with E-state index >= 15 is 0 Å². The monoisotopic (exact) mass is 384 g/mol. The molecule has 0 saturated carbocycles. The molecule has 1 atom stereocenters. The highest BCUT2D eigenvalue weighted by atomic mass is 127. The molecule has 0 aliphatic carbocycles. The number of halogens is 2. The van der Waals surface area contributed by atoms with Crippen LogP contribution in [-0.2, 0) is 6.42 Å². The van der Waals surface area contributed by atoms with Crippen LogP contribution in [0.15, 0.2) is 42.5 Å². The van der Waals surface area contributed by atoms with E-state index in [1.165, 1.54) is 17.7 Å². The molecule has 0 bridgehead atoms. The van der Waals surface area contributed by atoms with Gasteiger partial charge in [-0.25, -0.2) is 4.39 Å². The van der Waals surface area contributed by atoms with Crippen molar-refractivity contribution in [1.82, 2.24) is 0 Å². The van der Waals surface area contributed by atoms with E-state index in [0.717, 1.165) is 14.7 Å². The standard InChI is InChI=1S/C17H18FIO/c1-11(2)13-5-3-12(4-6-13)9-17(20)15-8-7-14(18)10-16(15)19/h3-8,10-11,17,20H,9H2,1-2H3. The Hall–Kier alpha value is -0.940. The summed E-state index contributed by atoms with van der Waals surface area (Å²) >= 11 is 2.06. The van der Waals surface area contributed by atoms with Crippen molar-refractivity contribution >= 4 is 22.6 Å². The minimum Gasteiger partial charge on any atom is -0.388 e. The van der Waals surface area contributed by atoms with Crippen LogP contribution in [0, 0.1) is 9.39 Å². The lowest BCUT2D eigenvalue weighted by Crippen LogP contribution is -2.04. The average Bonchev–Trinajstić information content (AvgIpc) is 2.39. The molecule has 3 heteroatoms. The van der Waals surface area contributed by atoms with Gasteiger partial charge in [0, 0.05) is 9.99 Å². The highest BCUT2D eigenvalue weighted by Crippen LogP contribution is 2.25. The Morgan fingerprint density at radius 2 is 1.75 bits per heavy atom. The van der Waals surface area contributed by atoms with E-state index in [9.17, 15) is 9.50 Å². The summed E-state index contributed by atoms with van der Waals surface area (Å²) in [6.45, 7) is 4.31. The van der Waals surface area contributed by atoms with Crippen molar-refractivity contribution in [2.45, 2.75) is 32.3 Å². The van der Waals surface area contributed by atoms with Crippen LogP contribution in [0.3, 0.4) is 0 Å². The maximum absolute atomic E-state index is 13.1. The molecule has 2 rings (SSSR count). The molecule has 1 nitrogen and oxygen atoms in total. The normalized spacial score (nSPS) is 12.7. The predicted molar refractivity (Wildman–Crippen MR) is 88.3 cm³/mol. The highest BCUT2D eigenvalue weighted by Gasteiger charge is 2.13. The molecule has 0 aliphatic rings. The molecule has 0 aromatic heterocycles. The third-order valence-corrected chi connectivity index (χ3v) is 4.33. The average molecular weight is 384 g/mol. The first-order chi connectivity index (χ1) is 9.47. The maximum Gasteiger partial charge on any atom is 0.124 e. The van der Waals surface area contributed by atoms with Gasteiger partial charge in [-0.1, -0.05) is 44.2 Å². The zero-order valence-electron chi connectivity index (χ0n) is 11.6. The molecule has 106 valence electrons. The van der Waals surface area contributed by atoms with Crippen molar-refractivity contribution in [3.63, 3.8) is 0 Å². The van der Waals surface area contributed by atoms with Crippen molar-refractivity contribution in [3.05, 3.63) is 68.5 Å². The fourth-order valence-electron chi connectivity index (χ4n) is 2.14.